The van der Waals surface area contributed by atoms with Crippen LogP contribution < -0.4 is 5.32 Å². The Morgan fingerprint density at radius 2 is 2.18 bits per heavy atom. The van der Waals surface area contributed by atoms with Crippen LogP contribution in [0.25, 0.3) is 16.4 Å². The van der Waals surface area contributed by atoms with Crippen LogP contribution in [0.15, 0.2) is 29.8 Å². The lowest BCUT2D eigenvalue weighted by Gasteiger charge is -2.14. The van der Waals surface area contributed by atoms with Crippen molar-refractivity contribution in [3.63, 3.8) is 0 Å². The number of benzene rings is 1. The van der Waals surface area contributed by atoms with Gasteiger partial charge in [-0.15, -0.1) is 11.3 Å². The first-order valence-corrected chi connectivity index (χ1v) is 7.79. The van der Waals surface area contributed by atoms with Gasteiger partial charge in [-0.3, -0.25) is 0 Å². The molecule has 0 radical (unpaired) electrons. The number of nitrogens with one attached hydrogen (secondary N) is 1. The van der Waals surface area contributed by atoms with E-state index in [2.05, 4.69) is 15.4 Å². The minimum atomic E-state index is -0.600. The van der Waals surface area contributed by atoms with E-state index in [0.717, 1.165) is 35.4 Å². The molecule has 112 valence electrons. The number of halogens is 2. The van der Waals surface area contributed by atoms with Crippen LogP contribution in [0.3, 0.4) is 0 Å². The van der Waals surface area contributed by atoms with Gasteiger partial charge in [-0.1, -0.05) is 0 Å². The van der Waals surface area contributed by atoms with E-state index in [1.165, 1.54) is 23.5 Å². The first kappa shape index (κ1) is 13.5. The number of hydrogen-bond donors (Lipinski definition) is 1. The zero-order chi connectivity index (χ0) is 15.1. The Hall–Kier alpha value is -2.12. The van der Waals surface area contributed by atoms with Crippen LogP contribution in [0, 0.1) is 11.6 Å². The summed E-state index contributed by atoms with van der Waals surface area (Å²) in [5, 5.41) is 10.5. The molecule has 0 aliphatic carbocycles. The van der Waals surface area contributed by atoms with Crippen LogP contribution in [0.4, 0.5) is 8.78 Å². The Labute approximate surface area is 129 Å². The van der Waals surface area contributed by atoms with Gasteiger partial charge < -0.3 is 5.32 Å². The number of fused-ring (bicyclic) bond motifs is 1. The van der Waals surface area contributed by atoms with Crippen LogP contribution in [-0.2, 0) is 13.0 Å². The average Bonchev–Trinajstić information content (AvgIpc) is 3.14. The summed E-state index contributed by atoms with van der Waals surface area (Å²) < 4.78 is 29.1. The fourth-order valence-corrected chi connectivity index (χ4v) is 3.34. The predicted molar refractivity (Wildman–Crippen MR) is 80.0 cm³/mol. The Morgan fingerprint density at radius 3 is 2.95 bits per heavy atom. The Morgan fingerprint density at radius 1 is 1.27 bits per heavy atom. The topological polar surface area (TPSA) is 42.7 Å². The molecule has 1 aromatic carbocycles. The first-order valence-electron chi connectivity index (χ1n) is 6.91. The SMILES string of the molecule is Fc1ccc(-c2nn(-c3nccs3)c3c2CNCC3)c(F)c1. The normalized spacial score (nSPS) is 14.1. The zero-order valence-electron chi connectivity index (χ0n) is 11.5. The highest BCUT2D eigenvalue weighted by Crippen LogP contribution is 2.31. The van der Waals surface area contributed by atoms with Crippen LogP contribution in [0.1, 0.15) is 11.3 Å². The minimum Gasteiger partial charge on any atom is -0.312 e. The third kappa shape index (κ3) is 2.13. The van der Waals surface area contributed by atoms with E-state index < -0.39 is 11.6 Å². The maximum absolute atomic E-state index is 14.1. The van der Waals surface area contributed by atoms with Crippen molar-refractivity contribution in [2.24, 2.45) is 0 Å². The molecule has 22 heavy (non-hydrogen) atoms. The molecule has 0 bridgehead atoms. The van der Waals surface area contributed by atoms with Crippen molar-refractivity contribution in [1.29, 1.82) is 0 Å². The molecule has 7 heteroatoms. The number of hydrogen-bond acceptors (Lipinski definition) is 4. The number of rotatable bonds is 2. The van der Waals surface area contributed by atoms with Crippen molar-refractivity contribution >= 4 is 11.3 Å². The highest BCUT2D eigenvalue weighted by Gasteiger charge is 2.24. The second-order valence-corrected chi connectivity index (χ2v) is 5.92. The van der Waals surface area contributed by atoms with Crippen LogP contribution in [-0.4, -0.2) is 21.3 Å². The van der Waals surface area contributed by atoms with Gasteiger partial charge in [-0.2, -0.15) is 5.10 Å². The molecule has 2 aromatic heterocycles. The summed E-state index contributed by atoms with van der Waals surface area (Å²) in [4.78, 5) is 4.28. The summed E-state index contributed by atoms with van der Waals surface area (Å²) in [6.45, 7) is 1.46. The molecule has 1 aliphatic heterocycles. The molecule has 4 rings (SSSR count). The molecule has 0 spiro atoms. The quantitative estimate of drug-likeness (QED) is 0.790. The molecule has 0 fully saturated rings. The molecule has 0 unspecified atom stereocenters. The molecular formula is C15H12F2N4S. The van der Waals surface area contributed by atoms with Crippen LogP contribution >= 0.6 is 11.3 Å². The van der Waals surface area contributed by atoms with E-state index in [1.54, 1.807) is 10.9 Å². The molecule has 1 aliphatic rings. The second-order valence-electron chi connectivity index (χ2n) is 5.05. The fourth-order valence-electron chi connectivity index (χ4n) is 2.72. The minimum absolute atomic E-state index is 0.316. The summed E-state index contributed by atoms with van der Waals surface area (Å²) in [6, 6.07) is 3.58. The second kappa shape index (κ2) is 5.26. The Kier molecular flexibility index (Phi) is 3.24. The van der Waals surface area contributed by atoms with E-state index in [4.69, 9.17) is 0 Å². The maximum Gasteiger partial charge on any atom is 0.210 e. The van der Waals surface area contributed by atoms with Crippen LogP contribution in [0.2, 0.25) is 0 Å². The van der Waals surface area contributed by atoms with Gasteiger partial charge in [0.25, 0.3) is 0 Å². The highest BCUT2D eigenvalue weighted by atomic mass is 32.1. The highest BCUT2D eigenvalue weighted by molar-refractivity contribution is 7.12. The lowest BCUT2D eigenvalue weighted by Crippen LogP contribution is -2.24. The standard InChI is InChI=1S/C15H12F2N4S/c16-9-1-2-10(12(17)7-9)14-11-8-18-4-3-13(11)21(20-14)15-19-5-6-22-15/h1-2,5-7,18H,3-4,8H2. The maximum atomic E-state index is 14.1. The molecule has 0 amide bonds. The molecule has 1 N–H and O–H groups in total. The van der Waals surface area contributed by atoms with Gasteiger partial charge in [-0.05, 0) is 12.1 Å². The van der Waals surface area contributed by atoms with Gasteiger partial charge in [0.15, 0.2) is 0 Å². The van der Waals surface area contributed by atoms with Crippen molar-refractivity contribution < 1.29 is 8.78 Å². The van der Waals surface area contributed by atoms with Crippen LogP contribution in [0.5, 0.6) is 0 Å². The molecule has 4 nitrogen and oxygen atoms in total. The van der Waals surface area contributed by atoms with Crippen molar-refractivity contribution in [3.8, 4) is 16.4 Å². The van der Waals surface area contributed by atoms with E-state index >= 15 is 0 Å². The summed E-state index contributed by atoms with van der Waals surface area (Å²) >= 11 is 1.48. The fraction of sp³-hybridized carbons (Fsp3) is 0.200. The van der Waals surface area contributed by atoms with Gasteiger partial charge in [0.05, 0.1) is 5.69 Å². The Bertz CT molecular complexity index is 826. The molecule has 0 saturated carbocycles. The summed E-state index contributed by atoms with van der Waals surface area (Å²) in [6.07, 6.45) is 2.51. The van der Waals surface area contributed by atoms with Gasteiger partial charge in [0, 0.05) is 48.3 Å². The lowest BCUT2D eigenvalue weighted by atomic mass is 10.0. The van der Waals surface area contributed by atoms with E-state index in [-0.39, 0.29) is 0 Å². The molecule has 0 atom stereocenters. The molecule has 0 saturated heterocycles. The monoisotopic (exact) mass is 318 g/mol. The molecule has 3 heterocycles. The Balaban J connectivity index is 1.93. The van der Waals surface area contributed by atoms with E-state index in [0.29, 0.717) is 17.8 Å². The third-order valence-electron chi connectivity index (χ3n) is 3.72. The summed E-state index contributed by atoms with van der Waals surface area (Å²) in [7, 11) is 0. The third-order valence-corrected chi connectivity index (χ3v) is 4.46. The van der Waals surface area contributed by atoms with Gasteiger partial charge in [0.1, 0.15) is 17.3 Å². The summed E-state index contributed by atoms with van der Waals surface area (Å²) in [5.41, 5.74) is 2.85. The average molecular weight is 318 g/mol. The zero-order valence-corrected chi connectivity index (χ0v) is 12.3. The lowest BCUT2D eigenvalue weighted by molar-refractivity contribution is 0.585. The van der Waals surface area contributed by atoms with Crippen molar-refractivity contribution in [2.45, 2.75) is 13.0 Å². The smallest absolute Gasteiger partial charge is 0.210 e. The largest absolute Gasteiger partial charge is 0.312 e. The summed E-state index contributed by atoms with van der Waals surface area (Å²) in [5.74, 6) is -1.19. The molecule has 3 aromatic rings. The van der Waals surface area contributed by atoms with Gasteiger partial charge in [0.2, 0.25) is 5.13 Å². The van der Waals surface area contributed by atoms with Crippen molar-refractivity contribution in [1.82, 2.24) is 20.1 Å². The number of nitrogens with zero attached hydrogens (tertiary/aromatic N) is 3. The molecular weight excluding hydrogens is 306 g/mol. The van der Waals surface area contributed by atoms with Gasteiger partial charge in [-0.25, -0.2) is 18.4 Å². The van der Waals surface area contributed by atoms with Gasteiger partial charge >= 0.3 is 0 Å². The van der Waals surface area contributed by atoms with E-state index in [1.807, 2.05) is 5.38 Å². The first-order chi connectivity index (χ1) is 10.7. The number of aromatic nitrogens is 3. The van der Waals surface area contributed by atoms with Crippen molar-refractivity contribution in [2.75, 3.05) is 6.54 Å². The van der Waals surface area contributed by atoms with Crippen molar-refractivity contribution in [3.05, 3.63) is 52.7 Å². The number of thiazole rings is 1. The van der Waals surface area contributed by atoms with E-state index in [9.17, 15) is 8.78 Å². The predicted octanol–water partition coefficient (Wildman–Crippen LogP) is 2.92.